The van der Waals surface area contributed by atoms with Crippen molar-refractivity contribution in [3.63, 3.8) is 0 Å². The Morgan fingerprint density at radius 3 is 2.50 bits per heavy atom. The molecule has 0 aliphatic carbocycles. The van der Waals surface area contributed by atoms with Gasteiger partial charge in [0.25, 0.3) is 0 Å². The van der Waals surface area contributed by atoms with Crippen LogP contribution in [-0.2, 0) is 9.84 Å². The van der Waals surface area contributed by atoms with Gasteiger partial charge in [-0.05, 0) is 28.1 Å². The van der Waals surface area contributed by atoms with E-state index in [1.807, 2.05) is 6.07 Å². The fourth-order valence-electron chi connectivity index (χ4n) is 2.28. The molecule has 0 unspecified atom stereocenters. The molecule has 1 N–H and O–H groups in total. The lowest BCUT2D eigenvalue weighted by molar-refractivity contribution is -0.384. The van der Waals surface area contributed by atoms with E-state index < -0.39 is 20.8 Å². The Hall–Kier alpha value is -1.94. The molecule has 0 amide bonds. The number of nitro groups is 1. The molecule has 3 rings (SSSR count). The molecule has 1 aliphatic rings. The first-order valence-electron chi connectivity index (χ1n) is 6.32. The summed E-state index contributed by atoms with van der Waals surface area (Å²) in [6.45, 7) is 0. The predicted molar refractivity (Wildman–Crippen MR) is 84.0 cm³/mol. The molecule has 1 aromatic carbocycles. The number of nitrogens with zero attached hydrogens (tertiary/aromatic N) is 3. The number of nitrogens with one attached hydrogen (secondary N) is 1. The second kappa shape index (κ2) is 5.36. The van der Waals surface area contributed by atoms with Gasteiger partial charge in [-0.1, -0.05) is 18.2 Å². The first-order chi connectivity index (χ1) is 10.4. The van der Waals surface area contributed by atoms with Crippen LogP contribution in [0.5, 0.6) is 0 Å². The highest BCUT2D eigenvalue weighted by atomic mass is 79.9. The third-order valence-corrected chi connectivity index (χ3v) is 5.62. The van der Waals surface area contributed by atoms with Gasteiger partial charge in [-0.2, -0.15) is 5.10 Å². The number of para-hydroxylation sites is 1. The highest BCUT2D eigenvalue weighted by molar-refractivity contribution is 9.10. The van der Waals surface area contributed by atoms with Crippen LogP contribution in [0.25, 0.3) is 0 Å². The van der Waals surface area contributed by atoms with Gasteiger partial charge < -0.3 is 5.32 Å². The minimum absolute atomic E-state index is 0.0677. The zero-order valence-corrected chi connectivity index (χ0v) is 13.5. The summed E-state index contributed by atoms with van der Waals surface area (Å²) in [4.78, 5) is 10.7. The molecule has 10 heteroatoms. The number of hydrogen-bond donors (Lipinski definition) is 1. The van der Waals surface area contributed by atoms with Gasteiger partial charge in [-0.3, -0.25) is 10.1 Å². The van der Waals surface area contributed by atoms with Gasteiger partial charge in [-0.15, -0.1) is 0 Å². The molecule has 0 radical (unpaired) electrons. The lowest BCUT2D eigenvalue weighted by atomic mass is 10.3. The van der Waals surface area contributed by atoms with Crippen LogP contribution in [0.2, 0.25) is 0 Å². The molecule has 0 spiro atoms. The Balaban J connectivity index is 2.03. The maximum atomic E-state index is 11.4. The van der Waals surface area contributed by atoms with Crippen molar-refractivity contribution in [2.45, 2.75) is 6.04 Å². The second-order valence-electron chi connectivity index (χ2n) is 4.91. The summed E-state index contributed by atoms with van der Waals surface area (Å²) in [5.41, 5.74) is 0.439. The van der Waals surface area contributed by atoms with Crippen LogP contribution in [0.3, 0.4) is 0 Å². The lowest BCUT2D eigenvalue weighted by Crippen LogP contribution is -2.39. The average Bonchev–Trinajstić information content (AvgIpc) is 2.73. The molecular weight excluding hydrogens is 376 g/mol. The van der Waals surface area contributed by atoms with E-state index >= 15 is 0 Å². The molecule has 116 valence electrons. The van der Waals surface area contributed by atoms with Gasteiger partial charge in [-0.25, -0.2) is 13.1 Å². The normalized spacial score (nSPS) is 17.0. The molecule has 8 nitrogen and oxygen atoms in total. The van der Waals surface area contributed by atoms with Crippen molar-refractivity contribution in [3.8, 4) is 0 Å². The maximum Gasteiger partial charge on any atom is 0.345 e. The van der Waals surface area contributed by atoms with Crippen LogP contribution < -0.4 is 5.32 Å². The zero-order valence-electron chi connectivity index (χ0n) is 11.1. The fourth-order valence-corrected chi connectivity index (χ4v) is 4.14. The Morgan fingerprint density at radius 2 is 1.95 bits per heavy atom. The van der Waals surface area contributed by atoms with Crippen LogP contribution in [0.4, 0.5) is 17.2 Å². The smallest absolute Gasteiger partial charge is 0.335 e. The summed E-state index contributed by atoms with van der Waals surface area (Å²) in [6, 6.07) is 8.51. The van der Waals surface area contributed by atoms with Crippen molar-refractivity contribution >= 4 is 43.0 Å². The highest BCUT2D eigenvalue weighted by Gasteiger charge is 2.40. The molecule has 0 saturated carbocycles. The Kier molecular flexibility index (Phi) is 3.65. The van der Waals surface area contributed by atoms with Gasteiger partial charge in [0.05, 0.1) is 22.5 Å². The average molecular weight is 387 g/mol. The molecule has 0 atom stereocenters. The van der Waals surface area contributed by atoms with E-state index in [2.05, 4.69) is 26.3 Å². The van der Waals surface area contributed by atoms with Crippen LogP contribution >= 0.6 is 15.9 Å². The van der Waals surface area contributed by atoms with Gasteiger partial charge in [0, 0.05) is 5.69 Å². The quantitative estimate of drug-likeness (QED) is 0.637. The first-order valence-corrected chi connectivity index (χ1v) is 8.94. The highest BCUT2D eigenvalue weighted by Crippen LogP contribution is 2.38. The molecular formula is C12H11BrN4O4S. The maximum absolute atomic E-state index is 11.4. The largest absolute Gasteiger partial charge is 0.345 e. The topological polar surface area (TPSA) is 107 Å². The van der Waals surface area contributed by atoms with Gasteiger partial charge in [0.1, 0.15) is 0 Å². The summed E-state index contributed by atoms with van der Waals surface area (Å²) < 4.78 is 24.2. The van der Waals surface area contributed by atoms with Crippen molar-refractivity contribution in [2.24, 2.45) is 0 Å². The van der Waals surface area contributed by atoms with Crippen molar-refractivity contribution in [1.82, 2.24) is 9.78 Å². The SMILES string of the molecule is O=[N+]([O-])c1c(Br)nn(C2CS(=O)(=O)C2)c1Nc1ccccc1. The second-order valence-corrected chi connectivity index (χ2v) is 7.82. The van der Waals surface area contributed by atoms with Crippen molar-refractivity contribution in [1.29, 1.82) is 0 Å². The first kappa shape index (κ1) is 15.0. The van der Waals surface area contributed by atoms with E-state index in [9.17, 15) is 18.5 Å². The van der Waals surface area contributed by atoms with Crippen molar-refractivity contribution in [3.05, 3.63) is 45.0 Å². The Bertz CT molecular complexity index is 822. The van der Waals surface area contributed by atoms with E-state index in [-0.39, 0.29) is 27.6 Å². The summed E-state index contributed by atoms with van der Waals surface area (Å²) in [6.07, 6.45) is 0. The number of halogens is 1. The number of sulfone groups is 1. The number of rotatable bonds is 4. The third kappa shape index (κ3) is 2.71. The molecule has 2 heterocycles. The van der Waals surface area contributed by atoms with Crippen LogP contribution in [-0.4, -0.2) is 34.6 Å². The van der Waals surface area contributed by atoms with Gasteiger partial charge in [0.2, 0.25) is 10.4 Å². The van der Waals surface area contributed by atoms with Crippen LogP contribution in [0.15, 0.2) is 34.9 Å². The molecule has 0 bridgehead atoms. The zero-order chi connectivity index (χ0) is 15.9. The van der Waals surface area contributed by atoms with E-state index in [4.69, 9.17) is 0 Å². The summed E-state index contributed by atoms with van der Waals surface area (Å²) in [5, 5.41) is 18.3. The summed E-state index contributed by atoms with van der Waals surface area (Å²) in [7, 11) is -3.07. The molecule has 1 fully saturated rings. The van der Waals surface area contributed by atoms with Crippen molar-refractivity contribution in [2.75, 3.05) is 16.8 Å². The number of benzene rings is 1. The standard InChI is InChI=1S/C12H11BrN4O4S/c13-11-10(17(18)19)12(14-8-4-2-1-3-5-8)16(15-11)9-6-22(20,21)7-9/h1-5,9,14H,6-7H2. The van der Waals surface area contributed by atoms with Gasteiger partial charge in [0.15, 0.2) is 9.84 Å². The fraction of sp³-hybridized carbons (Fsp3) is 0.250. The molecule has 1 aromatic heterocycles. The van der Waals surface area contributed by atoms with Crippen LogP contribution in [0, 0.1) is 10.1 Å². The van der Waals surface area contributed by atoms with Crippen LogP contribution in [0.1, 0.15) is 6.04 Å². The summed E-state index contributed by atoms with van der Waals surface area (Å²) in [5.74, 6) is 0.0340. The Morgan fingerprint density at radius 1 is 1.32 bits per heavy atom. The molecule has 1 saturated heterocycles. The predicted octanol–water partition coefficient (Wildman–Crippen LogP) is 2.27. The minimum Gasteiger partial charge on any atom is -0.335 e. The van der Waals surface area contributed by atoms with E-state index in [0.717, 1.165) is 0 Å². The van der Waals surface area contributed by atoms with Gasteiger partial charge >= 0.3 is 5.69 Å². The Labute approximate surface area is 134 Å². The third-order valence-electron chi connectivity index (χ3n) is 3.30. The van der Waals surface area contributed by atoms with Crippen molar-refractivity contribution < 1.29 is 13.3 Å². The molecule has 1 aliphatic heterocycles. The monoisotopic (exact) mass is 386 g/mol. The van der Waals surface area contributed by atoms with E-state index in [0.29, 0.717) is 5.69 Å². The number of aromatic nitrogens is 2. The van der Waals surface area contributed by atoms with E-state index in [1.54, 1.807) is 24.3 Å². The number of anilines is 2. The number of hydrogen-bond acceptors (Lipinski definition) is 6. The van der Waals surface area contributed by atoms with E-state index in [1.165, 1.54) is 4.68 Å². The lowest BCUT2D eigenvalue weighted by Gasteiger charge is -2.27. The molecule has 2 aromatic rings. The summed E-state index contributed by atoms with van der Waals surface area (Å²) >= 11 is 3.07. The molecule has 22 heavy (non-hydrogen) atoms. The minimum atomic E-state index is -3.07.